The fraction of sp³-hybridized carbons (Fsp3) is 0.467. The molecule has 0 spiro atoms. The van der Waals surface area contributed by atoms with E-state index in [-0.39, 0.29) is 6.54 Å². The van der Waals surface area contributed by atoms with Gasteiger partial charge in [0.1, 0.15) is 11.9 Å². The maximum atomic E-state index is 13.2. The number of carbonyl (C=O) groups is 2. The largest absolute Gasteiger partial charge is 0.480 e. The minimum absolute atomic E-state index is 0.280. The quantitative estimate of drug-likeness (QED) is 0.841. The minimum Gasteiger partial charge on any atom is -0.480 e. The highest BCUT2D eigenvalue weighted by Gasteiger charge is 2.48. The average Bonchev–Trinajstić information content (AvgIpc) is 2.48. The van der Waals surface area contributed by atoms with E-state index in [0.717, 1.165) is 18.4 Å². The second-order valence-electron chi connectivity index (χ2n) is 5.67. The minimum atomic E-state index is -3.91. The van der Waals surface area contributed by atoms with Crippen LogP contribution in [-0.4, -0.2) is 60.0 Å². The van der Waals surface area contributed by atoms with Gasteiger partial charge in [0.25, 0.3) is 0 Å². The first-order valence-electron chi connectivity index (χ1n) is 7.41. The number of hydrogen-bond acceptors (Lipinski definition) is 4. The van der Waals surface area contributed by atoms with Crippen LogP contribution in [0.3, 0.4) is 0 Å². The Labute approximate surface area is 139 Å². The fourth-order valence-electron chi connectivity index (χ4n) is 2.91. The summed E-state index contributed by atoms with van der Waals surface area (Å²) in [4.78, 5) is 25.6. The van der Waals surface area contributed by atoms with Gasteiger partial charge >= 0.3 is 5.97 Å². The lowest BCUT2D eigenvalue weighted by molar-refractivity contribution is -0.153. The van der Waals surface area contributed by atoms with Crippen molar-refractivity contribution in [2.75, 3.05) is 19.3 Å². The van der Waals surface area contributed by atoms with Crippen LogP contribution in [0.2, 0.25) is 0 Å². The van der Waals surface area contributed by atoms with Gasteiger partial charge in [0, 0.05) is 6.54 Å². The molecule has 0 saturated carbocycles. The number of halogens is 1. The van der Waals surface area contributed by atoms with Crippen LogP contribution >= 0.6 is 0 Å². The lowest BCUT2D eigenvalue weighted by Crippen LogP contribution is -2.61. The number of benzene rings is 1. The predicted molar refractivity (Wildman–Crippen MR) is 84.1 cm³/mol. The van der Waals surface area contributed by atoms with Crippen molar-refractivity contribution in [2.45, 2.75) is 25.4 Å². The number of aliphatic carboxylic acids is 1. The van der Waals surface area contributed by atoms with Crippen LogP contribution in [0.1, 0.15) is 24.9 Å². The van der Waals surface area contributed by atoms with Crippen molar-refractivity contribution < 1.29 is 27.5 Å². The summed E-state index contributed by atoms with van der Waals surface area (Å²) in [5.74, 6) is -2.34. The first-order valence-corrected chi connectivity index (χ1v) is 9.26. The van der Waals surface area contributed by atoms with Crippen molar-refractivity contribution >= 4 is 21.9 Å². The van der Waals surface area contributed by atoms with Gasteiger partial charge in [-0.1, -0.05) is 19.1 Å². The molecule has 0 aliphatic carbocycles. The number of carboxylic acid groups (broad SMARTS) is 1. The van der Waals surface area contributed by atoms with Crippen molar-refractivity contribution in [2.24, 2.45) is 0 Å². The van der Waals surface area contributed by atoms with Crippen LogP contribution < -0.4 is 0 Å². The van der Waals surface area contributed by atoms with Gasteiger partial charge in [0.15, 0.2) is 0 Å². The number of nitrogens with zero attached hydrogens (tertiary/aromatic N) is 2. The molecule has 1 aliphatic heterocycles. The Hall–Kier alpha value is -2.00. The number of rotatable bonds is 5. The van der Waals surface area contributed by atoms with E-state index in [9.17, 15) is 27.5 Å². The maximum absolute atomic E-state index is 13.2. The molecule has 1 saturated heterocycles. The molecule has 1 amide bonds. The summed E-state index contributed by atoms with van der Waals surface area (Å²) >= 11 is 0. The summed E-state index contributed by atoms with van der Waals surface area (Å²) < 4.78 is 37.8. The van der Waals surface area contributed by atoms with Gasteiger partial charge in [0.2, 0.25) is 15.9 Å². The lowest BCUT2D eigenvalue weighted by atomic mass is 9.94. The van der Waals surface area contributed by atoms with Crippen LogP contribution in [-0.2, 0) is 19.6 Å². The second-order valence-corrected chi connectivity index (χ2v) is 7.61. The molecule has 0 bridgehead atoms. The Morgan fingerprint density at radius 1 is 1.33 bits per heavy atom. The molecule has 1 N–H and O–H groups in total. The highest BCUT2D eigenvalue weighted by atomic mass is 32.2. The zero-order valence-electron chi connectivity index (χ0n) is 13.3. The van der Waals surface area contributed by atoms with Gasteiger partial charge in [-0.2, -0.15) is 4.31 Å². The molecule has 1 aliphatic rings. The molecule has 2 atom stereocenters. The standard InChI is InChI=1S/C15H19FN2O5S/c1-3-8-17-12(19)9-18(24(2,22)23)14(15(20)21)13(17)10-4-6-11(16)7-5-10/h4-7,13-14H,3,8-9H2,1-2H3,(H,20,21)/t13-,14+/m1/s1. The van der Waals surface area contributed by atoms with Crippen LogP contribution in [0.15, 0.2) is 24.3 Å². The Morgan fingerprint density at radius 3 is 2.38 bits per heavy atom. The van der Waals surface area contributed by atoms with Crippen molar-refractivity contribution in [1.82, 2.24) is 9.21 Å². The fourth-order valence-corrected chi connectivity index (χ4v) is 3.88. The molecule has 132 valence electrons. The Bertz CT molecular complexity index is 735. The SMILES string of the molecule is CCCN1C(=O)CN(S(C)(=O)=O)[C@H](C(=O)O)[C@H]1c1ccc(F)cc1. The maximum Gasteiger partial charge on any atom is 0.324 e. The Kier molecular flexibility index (Phi) is 5.24. The Balaban J connectivity index is 2.60. The summed E-state index contributed by atoms with van der Waals surface area (Å²) in [5, 5.41) is 9.61. The third-order valence-corrected chi connectivity index (χ3v) is 5.12. The van der Waals surface area contributed by atoms with Gasteiger partial charge < -0.3 is 10.0 Å². The van der Waals surface area contributed by atoms with Gasteiger partial charge in [-0.25, -0.2) is 12.8 Å². The van der Waals surface area contributed by atoms with E-state index in [1.807, 2.05) is 6.92 Å². The van der Waals surface area contributed by atoms with E-state index in [0.29, 0.717) is 16.3 Å². The van der Waals surface area contributed by atoms with E-state index in [2.05, 4.69) is 0 Å². The van der Waals surface area contributed by atoms with Crippen LogP contribution in [0, 0.1) is 5.82 Å². The highest BCUT2D eigenvalue weighted by molar-refractivity contribution is 7.88. The molecule has 1 aromatic carbocycles. The van der Waals surface area contributed by atoms with Crippen molar-refractivity contribution in [3.05, 3.63) is 35.6 Å². The molecule has 24 heavy (non-hydrogen) atoms. The summed E-state index contributed by atoms with van der Waals surface area (Å²) in [6.45, 7) is 1.59. The molecule has 1 fully saturated rings. The zero-order chi connectivity index (χ0) is 18.1. The number of carboxylic acids is 1. The number of sulfonamides is 1. The van der Waals surface area contributed by atoms with E-state index < -0.39 is 46.3 Å². The summed E-state index contributed by atoms with van der Waals surface area (Å²) in [7, 11) is -3.91. The van der Waals surface area contributed by atoms with E-state index in [1.165, 1.54) is 17.0 Å². The molecule has 0 radical (unpaired) electrons. The summed E-state index contributed by atoms with van der Waals surface area (Å²) in [6, 6.07) is 2.58. The molecule has 1 heterocycles. The first kappa shape index (κ1) is 18.3. The molecule has 2 rings (SSSR count). The van der Waals surface area contributed by atoms with Gasteiger partial charge in [0.05, 0.1) is 18.8 Å². The lowest BCUT2D eigenvalue weighted by Gasteiger charge is -2.44. The van der Waals surface area contributed by atoms with Crippen LogP contribution in [0.25, 0.3) is 0 Å². The van der Waals surface area contributed by atoms with Gasteiger partial charge in [-0.3, -0.25) is 9.59 Å². The third-order valence-electron chi connectivity index (χ3n) is 3.91. The van der Waals surface area contributed by atoms with Crippen molar-refractivity contribution in [3.8, 4) is 0 Å². The molecule has 9 heteroatoms. The first-order chi connectivity index (χ1) is 11.2. The topological polar surface area (TPSA) is 95.0 Å². The van der Waals surface area contributed by atoms with E-state index >= 15 is 0 Å². The average molecular weight is 358 g/mol. The number of carbonyl (C=O) groups excluding carboxylic acids is 1. The number of amides is 1. The number of hydrogen-bond donors (Lipinski definition) is 1. The molecule has 0 unspecified atom stereocenters. The number of piperazine rings is 1. The second kappa shape index (κ2) is 6.86. The molecule has 7 nitrogen and oxygen atoms in total. The van der Waals surface area contributed by atoms with Crippen LogP contribution in [0.5, 0.6) is 0 Å². The zero-order valence-corrected chi connectivity index (χ0v) is 14.2. The van der Waals surface area contributed by atoms with Gasteiger partial charge in [-0.05, 0) is 24.1 Å². The third kappa shape index (κ3) is 3.57. The molecule has 0 aromatic heterocycles. The van der Waals surface area contributed by atoms with Crippen molar-refractivity contribution in [1.29, 1.82) is 0 Å². The smallest absolute Gasteiger partial charge is 0.324 e. The molecule has 1 aromatic rings. The van der Waals surface area contributed by atoms with Crippen molar-refractivity contribution in [3.63, 3.8) is 0 Å². The van der Waals surface area contributed by atoms with E-state index in [1.54, 1.807) is 0 Å². The molecular formula is C15H19FN2O5S. The Morgan fingerprint density at radius 2 is 1.92 bits per heavy atom. The van der Waals surface area contributed by atoms with Gasteiger partial charge in [-0.15, -0.1) is 0 Å². The summed E-state index contributed by atoms with van der Waals surface area (Å²) in [5.41, 5.74) is 0.374. The molecular weight excluding hydrogens is 339 g/mol. The highest BCUT2D eigenvalue weighted by Crippen LogP contribution is 2.33. The predicted octanol–water partition coefficient (Wildman–Crippen LogP) is 0.834. The van der Waals surface area contributed by atoms with E-state index in [4.69, 9.17) is 0 Å². The van der Waals surface area contributed by atoms with Crippen LogP contribution in [0.4, 0.5) is 4.39 Å². The summed E-state index contributed by atoms with van der Waals surface area (Å²) in [6.07, 6.45) is 1.45. The normalized spacial score (nSPS) is 22.6. The monoisotopic (exact) mass is 358 g/mol.